The van der Waals surface area contributed by atoms with Crippen LogP contribution >= 0.6 is 11.8 Å². The number of rotatable bonds is 6. The predicted molar refractivity (Wildman–Crippen MR) is 103 cm³/mol. The van der Waals surface area contributed by atoms with E-state index in [0.717, 1.165) is 5.69 Å². The molecule has 132 valence electrons. The van der Waals surface area contributed by atoms with Crippen LogP contribution in [-0.2, 0) is 0 Å². The molecule has 7 heteroatoms. The third-order valence-corrected chi connectivity index (χ3v) is 4.49. The maximum absolute atomic E-state index is 12.6. The molecule has 1 amide bonds. The molecule has 0 radical (unpaired) electrons. The minimum absolute atomic E-state index is 0.105. The number of anilines is 1. The molecular weight excluding hydrogens is 348 g/mol. The van der Waals surface area contributed by atoms with Crippen molar-refractivity contribution in [3.05, 3.63) is 71.8 Å². The number of nitrogens with zero attached hydrogens (tertiary/aromatic N) is 2. The molecule has 3 N–H and O–H groups in total. The SMILES string of the molecule is CSc1nn(-c2ccccc2)c(N)c1C(=O)NCC(=O)c1ccccc1. The number of para-hydroxylation sites is 1. The van der Waals surface area contributed by atoms with E-state index in [9.17, 15) is 9.59 Å². The fourth-order valence-electron chi connectivity index (χ4n) is 2.51. The van der Waals surface area contributed by atoms with Crippen LogP contribution in [0.15, 0.2) is 65.7 Å². The second kappa shape index (κ2) is 7.88. The molecule has 0 spiro atoms. The first-order valence-corrected chi connectivity index (χ1v) is 9.18. The molecule has 0 saturated carbocycles. The number of benzene rings is 2. The van der Waals surface area contributed by atoms with Gasteiger partial charge in [-0.25, -0.2) is 4.68 Å². The molecule has 0 aliphatic heterocycles. The van der Waals surface area contributed by atoms with Crippen LogP contribution in [0.4, 0.5) is 5.82 Å². The van der Waals surface area contributed by atoms with E-state index in [0.29, 0.717) is 10.6 Å². The molecule has 6 nitrogen and oxygen atoms in total. The molecule has 0 atom stereocenters. The van der Waals surface area contributed by atoms with Gasteiger partial charge in [0.2, 0.25) is 0 Å². The van der Waals surface area contributed by atoms with Gasteiger partial charge in [-0.15, -0.1) is 11.8 Å². The zero-order chi connectivity index (χ0) is 18.5. The van der Waals surface area contributed by atoms with Crippen LogP contribution in [0.2, 0.25) is 0 Å². The number of nitrogens with two attached hydrogens (primary N) is 1. The normalized spacial score (nSPS) is 10.5. The minimum atomic E-state index is -0.418. The zero-order valence-electron chi connectivity index (χ0n) is 14.2. The number of nitrogens with one attached hydrogen (secondary N) is 1. The van der Waals surface area contributed by atoms with Crippen LogP contribution in [0, 0.1) is 0 Å². The summed E-state index contributed by atoms with van der Waals surface area (Å²) >= 11 is 1.33. The topological polar surface area (TPSA) is 90.0 Å². The summed E-state index contributed by atoms with van der Waals surface area (Å²) in [6, 6.07) is 18.2. The maximum Gasteiger partial charge on any atom is 0.258 e. The number of aromatic nitrogens is 2. The molecule has 26 heavy (non-hydrogen) atoms. The van der Waals surface area contributed by atoms with E-state index in [1.807, 2.05) is 42.7 Å². The summed E-state index contributed by atoms with van der Waals surface area (Å²) in [6.45, 7) is -0.105. The van der Waals surface area contributed by atoms with Crippen LogP contribution in [0.1, 0.15) is 20.7 Å². The molecule has 0 fully saturated rings. The summed E-state index contributed by atoms with van der Waals surface area (Å²) in [7, 11) is 0. The summed E-state index contributed by atoms with van der Waals surface area (Å²) in [4.78, 5) is 24.8. The number of thioether (sulfide) groups is 1. The lowest BCUT2D eigenvalue weighted by Gasteiger charge is -2.06. The van der Waals surface area contributed by atoms with Gasteiger partial charge in [0, 0.05) is 5.56 Å². The average molecular weight is 366 g/mol. The van der Waals surface area contributed by atoms with Crippen molar-refractivity contribution in [3.8, 4) is 5.69 Å². The molecule has 1 aromatic heterocycles. The summed E-state index contributed by atoms with van der Waals surface area (Å²) in [5.74, 6) is -0.345. The molecule has 3 aromatic rings. The molecular formula is C19H18N4O2S. The lowest BCUT2D eigenvalue weighted by atomic mass is 10.1. The van der Waals surface area contributed by atoms with E-state index >= 15 is 0 Å². The number of Topliss-reactive ketones (excluding diaryl/α,β-unsaturated/α-hetero) is 1. The van der Waals surface area contributed by atoms with E-state index in [1.54, 1.807) is 24.3 Å². The Hall–Kier alpha value is -3.06. The first-order chi connectivity index (χ1) is 12.6. The van der Waals surface area contributed by atoms with Gasteiger partial charge in [0.15, 0.2) is 5.78 Å². The number of ketones is 1. The van der Waals surface area contributed by atoms with Crippen molar-refractivity contribution in [2.24, 2.45) is 0 Å². The Kier molecular flexibility index (Phi) is 5.38. The van der Waals surface area contributed by atoms with Gasteiger partial charge in [0.1, 0.15) is 16.4 Å². The highest BCUT2D eigenvalue weighted by Crippen LogP contribution is 2.27. The summed E-state index contributed by atoms with van der Waals surface area (Å²) in [6.07, 6.45) is 1.82. The Morgan fingerprint density at radius 2 is 1.69 bits per heavy atom. The van der Waals surface area contributed by atoms with Crippen molar-refractivity contribution in [1.82, 2.24) is 15.1 Å². The van der Waals surface area contributed by atoms with Gasteiger partial charge < -0.3 is 11.1 Å². The highest BCUT2D eigenvalue weighted by Gasteiger charge is 2.23. The Labute approximate surface area is 155 Å². The standard InChI is InChI=1S/C19H18N4O2S/c1-26-19-16(17(20)23(22-19)14-10-6-3-7-11-14)18(25)21-12-15(24)13-8-4-2-5-9-13/h2-11H,12,20H2,1H3,(H,21,25). The molecule has 0 unspecified atom stereocenters. The van der Waals surface area contributed by atoms with Gasteiger partial charge in [0.05, 0.1) is 12.2 Å². The van der Waals surface area contributed by atoms with Crippen LogP contribution in [0.25, 0.3) is 5.69 Å². The largest absolute Gasteiger partial charge is 0.383 e. The van der Waals surface area contributed by atoms with Crippen LogP contribution in [0.5, 0.6) is 0 Å². The monoisotopic (exact) mass is 366 g/mol. The van der Waals surface area contributed by atoms with Crippen LogP contribution in [0.3, 0.4) is 0 Å². The van der Waals surface area contributed by atoms with E-state index in [-0.39, 0.29) is 23.7 Å². The molecule has 0 aliphatic rings. The van der Waals surface area contributed by atoms with Crippen molar-refractivity contribution in [2.45, 2.75) is 5.03 Å². The molecule has 3 rings (SSSR count). The van der Waals surface area contributed by atoms with E-state index < -0.39 is 5.91 Å². The van der Waals surface area contributed by atoms with Crippen molar-refractivity contribution in [1.29, 1.82) is 0 Å². The van der Waals surface area contributed by atoms with E-state index in [2.05, 4.69) is 10.4 Å². The summed E-state index contributed by atoms with van der Waals surface area (Å²) < 4.78 is 1.53. The number of carbonyl (C=O) groups is 2. The van der Waals surface area contributed by atoms with Crippen molar-refractivity contribution >= 4 is 29.3 Å². The fraction of sp³-hybridized carbons (Fsp3) is 0.105. The second-order valence-corrected chi connectivity index (χ2v) is 6.28. The number of carbonyl (C=O) groups excluding carboxylic acids is 2. The number of hydrogen-bond acceptors (Lipinski definition) is 5. The quantitative estimate of drug-likeness (QED) is 0.517. The van der Waals surface area contributed by atoms with E-state index in [1.165, 1.54) is 16.4 Å². The number of nitrogen functional groups attached to an aromatic ring is 1. The Balaban J connectivity index is 1.81. The van der Waals surface area contributed by atoms with Crippen molar-refractivity contribution in [2.75, 3.05) is 18.5 Å². The smallest absolute Gasteiger partial charge is 0.258 e. The minimum Gasteiger partial charge on any atom is -0.383 e. The lowest BCUT2D eigenvalue weighted by molar-refractivity contribution is 0.0902. The third kappa shape index (κ3) is 3.62. The van der Waals surface area contributed by atoms with Gasteiger partial charge in [0.25, 0.3) is 5.91 Å². The second-order valence-electron chi connectivity index (χ2n) is 5.49. The first-order valence-electron chi connectivity index (χ1n) is 7.96. The zero-order valence-corrected chi connectivity index (χ0v) is 15.0. The number of amides is 1. The lowest BCUT2D eigenvalue weighted by Crippen LogP contribution is -2.30. The summed E-state index contributed by atoms with van der Waals surface area (Å²) in [5.41, 5.74) is 7.76. The van der Waals surface area contributed by atoms with Crippen LogP contribution in [-0.4, -0.2) is 34.3 Å². The van der Waals surface area contributed by atoms with Crippen molar-refractivity contribution in [3.63, 3.8) is 0 Å². The highest BCUT2D eigenvalue weighted by atomic mass is 32.2. The van der Waals surface area contributed by atoms with Crippen molar-refractivity contribution < 1.29 is 9.59 Å². The van der Waals surface area contributed by atoms with Gasteiger partial charge >= 0.3 is 0 Å². The fourth-order valence-corrected chi connectivity index (χ4v) is 3.07. The Morgan fingerprint density at radius 3 is 2.31 bits per heavy atom. The van der Waals surface area contributed by atoms with Crippen LogP contribution < -0.4 is 11.1 Å². The molecule has 0 bridgehead atoms. The summed E-state index contributed by atoms with van der Waals surface area (Å²) in [5, 5.41) is 7.57. The van der Waals surface area contributed by atoms with Gasteiger partial charge in [-0.1, -0.05) is 48.5 Å². The molecule has 0 saturated heterocycles. The molecule has 1 heterocycles. The first kappa shape index (κ1) is 17.8. The van der Waals surface area contributed by atoms with Gasteiger partial charge in [-0.3, -0.25) is 9.59 Å². The molecule has 2 aromatic carbocycles. The van der Waals surface area contributed by atoms with E-state index in [4.69, 9.17) is 5.73 Å². The third-order valence-electron chi connectivity index (χ3n) is 3.82. The van der Waals surface area contributed by atoms with Gasteiger partial charge in [-0.2, -0.15) is 5.10 Å². The highest BCUT2D eigenvalue weighted by molar-refractivity contribution is 7.98. The average Bonchev–Trinajstić information content (AvgIpc) is 3.03. The van der Waals surface area contributed by atoms with Gasteiger partial charge in [-0.05, 0) is 18.4 Å². The number of hydrogen-bond donors (Lipinski definition) is 2. The Morgan fingerprint density at radius 1 is 1.08 bits per heavy atom. The Bertz CT molecular complexity index is 923. The predicted octanol–water partition coefficient (Wildman–Crippen LogP) is 2.79. The maximum atomic E-state index is 12.6. The molecule has 0 aliphatic carbocycles.